The van der Waals surface area contributed by atoms with Crippen LogP contribution in [0, 0.1) is 0 Å². The van der Waals surface area contributed by atoms with Crippen LogP contribution in [0.4, 0.5) is 0 Å². The van der Waals surface area contributed by atoms with Crippen molar-refractivity contribution in [1.82, 2.24) is 10.2 Å². The van der Waals surface area contributed by atoms with Crippen molar-refractivity contribution in [3.63, 3.8) is 0 Å². The summed E-state index contributed by atoms with van der Waals surface area (Å²) in [7, 11) is 0. The lowest BCUT2D eigenvalue weighted by molar-refractivity contribution is -0.139. The molecule has 0 saturated heterocycles. The van der Waals surface area contributed by atoms with E-state index in [1.54, 1.807) is 23.1 Å². The molecule has 0 aliphatic rings. The summed E-state index contributed by atoms with van der Waals surface area (Å²) >= 11 is 20.2. The topological polar surface area (TPSA) is 49.4 Å². The molecule has 8 heteroatoms. The van der Waals surface area contributed by atoms with E-state index in [1.165, 1.54) is 11.8 Å². The largest absolute Gasteiger partial charge is 0.352 e. The molecular formula is C24H29Cl3N2O2S. The van der Waals surface area contributed by atoms with Crippen LogP contribution in [-0.2, 0) is 21.9 Å². The molecule has 0 saturated carbocycles. The van der Waals surface area contributed by atoms with E-state index < -0.39 is 6.04 Å². The minimum atomic E-state index is -0.611. The number of halogens is 3. The number of rotatable bonds is 11. The predicted molar refractivity (Wildman–Crippen MR) is 137 cm³/mol. The molecule has 0 spiro atoms. The summed E-state index contributed by atoms with van der Waals surface area (Å²) in [4.78, 5) is 27.9. The standard InChI is InChI=1S/C24H29Cl3N2O2S/c1-4-16(3)28-24(31)22(5-2)29(13-19-20(26)7-6-8-21(19)27)23(30)15-32-14-17-9-11-18(25)12-10-17/h6-12,16,22H,4-5,13-15H2,1-3H3,(H,28,31)/t16-,22+/m0/s1. The van der Waals surface area contributed by atoms with Crippen LogP contribution in [0.5, 0.6) is 0 Å². The van der Waals surface area contributed by atoms with Gasteiger partial charge in [0, 0.05) is 39.0 Å². The first-order valence-corrected chi connectivity index (χ1v) is 12.9. The van der Waals surface area contributed by atoms with Crippen LogP contribution in [0.25, 0.3) is 0 Å². The van der Waals surface area contributed by atoms with Crippen LogP contribution >= 0.6 is 46.6 Å². The molecule has 4 nitrogen and oxygen atoms in total. The summed E-state index contributed by atoms with van der Waals surface area (Å²) < 4.78 is 0. The first-order valence-electron chi connectivity index (χ1n) is 10.6. The summed E-state index contributed by atoms with van der Waals surface area (Å²) in [5, 5.41) is 4.62. The fourth-order valence-electron chi connectivity index (χ4n) is 3.13. The van der Waals surface area contributed by atoms with E-state index in [9.17, 15) is 9.59 Å². The van der Waals surface area contributed by atoms with Crippen molar-refractivity contribution < 1.29 is 9.59 Å². The third kappa shape index (κ3) is 7.87. The Morgan fingerprint density at radius 2 is 1.62 bits per heavy atom. The molecule has 2 rings (SSSR count). The molecule has 2 aromatic rings. The number of benzene rings is 2. The van der Waals surface area contributed by atoms with Crippen molar-refractivity contribution >= 4 is 58.4 Å². The number of thioether (sulfide) groups is 1. The van der Waals surface area contributed by atoms with Crippen LogP contribution in [0.15, 0.2) is 42.5 Å². The predicted octanol–water partition coefficient (Wildman–Crippen LogP) is 6.60. The van der Waals surface area contributed by atoms with Crippen LogP contribution in [-0.4, -0.2) is 34.6 Å². The number of carbonyl (C=O) groups is 2. The zero-order chi connectivity index (χ0) is 23.7. The summed E-state index contributed by atoms with van der Waals surface area (Å²) in [5.41, 5.74) is 1.72. The Balaban J connectivity index is 2.20. The Bertz CT molecular complexity index is 888. The van der Waals surface area contributed by atoms with Crippen molar-refractivity contribution in [1.29, 1.82) is 0 Å². The third-order valence-electron chi connectivity index (χ3n) is 5.18. The van der Waals surface area contributed by atoms with Gasteiger partial charge in [0.25, 0.3) is 0 Å². The Labute approximate surface area is 210 Å². The van der Waals surface area contributed by atoms with E-state index in [1.807, 2.05) is 45.0 Å². The fraction of sp³-hybridized carbons (Fsp3) is 0.417. The first kappa shape index (κ1) is 26.8. The van der Waals surface area contributed by atoms with Gasteiger partial charge in [-0.2, -0.15) is 0 Å². The van der Waals surface area contributed by atoms with Crippen molar-refractivity contribution in [3.05, 3.63) is 68.7 Å². The van der Waals surface area contributed by atoms with E-state index in [4.69, 9.17) is 34.8 Å². The van der Waals surface area contributed by atoms with Gasteiger partial charge < -0.3 is 10.2 Å². The molecule has 0 unspecified atom stereocenters. The average Bonchev–Trinajstić information content (AvgIpc) is 2.76. The van der Waals surface area contributed by atoms with Gasteiger partial charge in [-0.15, -0.1) is 11.8 Å². The van der Waals surface area contributed by atoms with Gasteiger partial charge in [0.15, 0.2) is 0 Å². The normalized spacial score (nSPS) is 12.8. The molecule has 2 aromatic carbocycles. The molecule has 2 atom stereocenters. The molecule has 0 aliphatic heterocycles. The van der Waals surface area contributed by atoms with E-state index in [0.717, 1.165) is 12.0 Å². The van der Waals surface area contributed by atoms with Crippen LogP contribution in [0.1, 0.15) is 44.7 Å². The number of nitrogens with one attached hydrogen (secondary N) is 1. The van der Waals surface area contributed by atoms with Gasteiger partial charge in [0.05, 0.1) is 5.75 Å². The highest BCUT2D eigenvalue weighted by Gasteiger charge is 2.30. The molecule has 0 fully saturated rings. The second kappa shape index (κ2) is 13.3. The Hall–Kier alpha value is -1.40. The molecular weight excluding hydrogens is 487 g/mol. The van der Waals surface area contributed by atoms with Gasteiger partial charge in [-0.3, -0.25) is 9.59 Å². The van der Waals surface area contributed by atoms with Gasteiger partial charge in [-0.25, -0.2) is 0 Å². The average molecular weight is 516 g/mol. The SMILES string of the molecule is CC[C@H](C(=O)N[C@@H](C)CC)N(Cc1c(Cl)cccc1Cl)C(=O)CSCc1ccc(Cl)cc1. The van der Waals surface area contributed by atoms with Gasteiger partial charge in [0.2, 0.25) is 11.8 Å². The molecule has 2 amide bonds. The second-order valence-corrected chi connectivity index (χ2v) is 9.82. The van der Waals surface area contributed by atoms with Crippen LogP contribution < -0.4 is 5.32 Å². The smallest absolute Gasteiger partial charge is 0.243 e. The summed E-state index contributed by atoms with van der Waals surface area (Å²) in [6.07, 6.45) is 1.29. The summed E-state index contributed by atoms with van der Waals surface area (Å²) in [5.74, 6) is 0.601. The summed E-state index contributed by atoms with van der Waals surface area (Å²) in [6.45, 7) is 6.02. The highest BCUT2D eigenvalue weighted by Crippen LogP contribution is 2.27. The lowest BCUT2D eigenvalue weighted by Crippen LogP contribution is -2.51. The lowest BCUT2D eigenvalue weighted by atomic mass is 10.1. The molecule has 32 heavy (non-hydrogen) atoms. The van der Waals surface area contributed by atoms with E-state index in [0.29, 0.717) is 32.8 Å². The zero-order valence-corrected chi connectivity index (χ0v) is 21.6. The highest BCUT2D eigenvalue weighted by atomic mass is 35.5. The molecule has 174 valence electrons. The van der Waals surface area contributed by atoms with E-state index in [-0.39, 0.29) is 30.2 Å². The second-order valence-electron chi connectivity index (χ2n) is 7.58. The zero-order valence-electron chi connectivity index (χ0n) is 18.5. The Morgan fingerprint density at radius 3 is 2.19 bits per heavy atom. The quantitative estimate of drug-likeness (QED) is 0.367. The Morgan fingerprint density at radius 1 is 1.00 bits per heavy atom. The van der Waals surface area contributed by atoms with E-state index in [2.05, 4.69) is 5.32 Å². The van der Waals surface area contributed by atoms with E-state index >= 15 is 0 Å². The maximum absolute atomic E-state index is 13.3. The fourth-order valence-corrected chi connectivity index (χ4v) is 4.65. The highest BCUT2D eigenvalue weighted by molar-refractivity contribution is 7.99. The minimum absolute atomic E-state index is 0.0247. The molecule has 0 aliphatic carbocycles. The van der Waals surface area contributed by atoms with Crippen LogP contribution in [0.3, 0.4) is 0 Å². The first-order chi connectivity index (χ1) is 15.3. The number of hydrogen-bond donors (Lipinski definition) is 1. The summed E-state index contributed by atoms with van der Waals surface area (Å²) in [6, 6.07) is 12.2. The maximum Gasteiger partial charge on any atom is 0.243 e. The molecule has 1 N–H and O–H groups in total. The van der Waals surface area contributed by atoms with Gasteiger partial charge in [-0.05, 0) is 49.6 Å². The van der Waals surface area contributed by atoms with Gasteiger partial charge >= 0.3 is 0 Å². The number of hydrogen-bond acceptors (Lipinski definition) is 3. The number of carbonyl (C=O) groups excluding carboxylic acids is 2. The van der Waals surface area contributed by atoms with Gasteiger partial charge in [0.1, 0.15) is 6.04 Å². The van der Waals surface area contributed by atoms with Crippen LogP contribution in [0.2, 0.25) is 15.1 Å². The number of nitrogens with zero attached hydrogens (tertiary/aromatic N) is 1. The third-order valence-corrected chi connectivity index (χ3v) is 7.13. The molecule has 0 radical (unpaired) electrons. The van der Waals surface area contributed by atoms with Gasteiger partial charge in [-0.1, -0.05) is 66.8 Å². The lowest BCUT2D eigenvalue weighted by Gasteiger charge is -2.32. The van der Waals surface area contributed by atoms with Crippen molar-refractivity contribution in [2.45, 2.75) is 58.0 Å². The van der Waals surface area contributed by atoms with Crippen molar-refractivity contribution in [2.75, 3.05) is 5.75 Å². The maximum atomic E-state index is 13.3. The minimum Gasteiger partial charge on any atom is -0.352 e. The molecule has 0 bridgehead atoms. The Kier molecular flexibility index (Phi) is 11.2. The van der Waals surface area contributed by atoms with Crippen molar-refractivity contribution in [3.8, 4) is 0 Å². The monoisotopic (exact) mass is 514 g/mol. The molecule has 0 aromatic heterocycles. The number of amides is 2. The molecule has 0 heterocycles. The van der Waals surface area contributed by atoms with Crippen molar-refractivity contribution in [2.24, 2.45) is 0 Å².